The first-order valence-corrected chi connectivity index (χ1v) is 6.83. The van der Waals surface area contributed by atoms with E-state index in [0.29, 0.717) is 5.95 Å². The van der Waals surface area contributed by atoms with Gasteiger partial charge < -0.3 is 14.6 Å². The number of hydrogen-bond acceptors (Lipinski definition) is 8. The second-order valence-electron chi connectivity index (χ2n) is 4.63. The second-order valence-corrected chi connectivity index (χ2v) is 4.63. The summed E-state index contributed by atoms with van der Waals surface area (Å²) in [7, 11) is 0. The maximum atomic E-state index is 5.17. The zero-order valence-electron chi connectivity index (χ0n) is 13.4. The Hall–Kier alpha value is -2.25. The monoisotopic (exact) mass is 294 g/mol. The lowest BCUT2D eigenvalue weighted by Crippen LogP contribution is -2.24. The Morgan fingerprint density at radius 1 is 0.857 bits per heavy atom. The normalized spacial score (nSPS) is 9.81. The summed E-state index contributed by atoms with van der Waals surface area (Å²) in [4.78, 5) is 24.7. The molecule has 0 atom stereocenters. The average Bonchev–Trinajstić information content (AvgIpc) is 2.44. The van der Waals surface area contributed by atoms with Gasteiger partial charge in [0.1, 0.15) is 0 Å². The molecule has 1 aromatic heterocycles. The van der Waals surface area contributed by atoms with Crippen LogP contribution in [0.25, 0.3) is 0 Å². The van der Waals surface area contributed by atoms with Crippen LogP contribution in [0, 0.1) is 0 Å². The summed E-state index contributed by atoms with van der Waals surface area (Å²) in [6.07, 6.45) is 0. The molecule has 0 spiro atoms. The van der Waals surface area contributed by atoms with Crippen LogP contribution < -0.4 is 14.6 Å². The number of nitrogens with zero attached hydrogens (tertiary/aromatic N) is 6. The van der Waals surface area contributed by atoms with Crippen LogP contribution >= 0.6 is 0 Å². The summed E-state index contributed by atoms with van der Waals surface area (Å²) < 4.78 is 0. The van der Waals surface area contributed by atoms with Crippen molar-refractivity contribution in [3.8, 4) is 12.0 Å². The van der Waals surface area contributed by atoms with Gasteiger partial charge in [-0.05, 0) is 41.5 Å². The van der Waals surface area contributed by atoms with Crippen LogP contribution in [0.1, 0.15) is 41.5 Å². The number of oxime groups is 2. The van der Waals surface area contributed by atoms with Gasteiger partial charge in [0.25, 0.3) is 0 Å². The first kappa shape index (κ1) is 16.8. The molecule has 0 unspecified atom stereocenters. The van der Waals surface area contributed by atoms with Crippen molar-refractivity contribution in [2.75, 3.05) is 18.0 Å². The summed E-state index contributed by atoms with van der Waals surface area (Å²) in [6, 6.07) is 0.152. The molecule has 0 aromatic carbocycles. The van der Waals surface area contributed by atoms with Crippen molar-refractivity contribution in [3.63, 3.8) is 0 Å². The van der Waals surface area contributed by atoms with Crippen molar-refractivity contribution in [2.24, 2.45) is 10.3 Å². The van der Waals surface area contributed by atoms with E-state index in [1.54, 1.807) is 0 Å². The van der Waals surface area contributed by atoms with Crippen LogP contribution in [0.2, 0.25) is 0 Å². The van der Waals surface area contributed by atoms with Crippen molar-refractivity contribution in [2.45, 2.75) is 41.5 Å². The fraction of sp³-hybridized carbons (Fsp3) is 0.615. The molecule has 0 aliphatic carbocycles. The Bertz CT molecular complexity index is 479. The minimum Gasteiger partial charge on any atom is -0.341 e. The molecule has 116 valence electrons. The molecule has 0 radical (unpaired) electrons. The molecular formula is C13H22N6O2. The zero-order chi connectivity index (χ0) is 15.8. The van der Waals surface area contributed by atoms with Gasteiger partial charge >= 0.3 is 12.0 Å². The molecule has 0 aliphatic rings. The van der Waals surface area contributed by atoms with E-state index in [-0.39, 0.29) is 12.0 Å². The lowest BCUT2D eigenvalue weighted by atomic mass is 10.5. The lowest BCUT2D eigenvalue weighted by Gasteiger charge is -2.18. The van der Waals surface area contributed by atoms with Crippen LogP contribution in [0.15, 0.2) is 10.3 Å². The van der Waals surface area contributed by atoms with Gasteiger partial charge in [-0.15, -0.1) is 4.98 Å². The SMILES string of the molecule is CCN(CC)c1nc(ON=C(C)C)nc(ON=C(C)C)n1. The summed E-state index contributed by atoms with van der Waals surface area (Å²) in [5, 5.41) is 7.67. The summed E-state index contributed by atoms with van der Waals surface area (Å²) >= 11 is 0. The van der Waals surface area contributed by atoms with E-state index in [2.05, 4.69) is 25.3 Å². The van der Waals surface area contributed by atoms with Gasteiger partial charge in [-0.25, -0.2) is 0 Å². The molecule has 21 heavy (non-hydrogen) atoms. The molecule has 8 nitrogen and oxygen atoms in total. The fourth-order valence-corrected chi connectivity index (χ4v) is 1.32. The molecule has 0 saturated carbocycles. The molecule has 1 heterocycles. The van der Waals surface area contributed by atoms with Crippen molar-refractivity contribution in [1.29, 1.82) is 0 Å². The predicted octanol–water partition coefficient (Wildman–Crippen LogP) is 2.27. The topological polar surface area (TPSA) is 85.1 Å². The van der Waals surface area contributed by atoms with E-state index in [1.165, 1.54) is 0 Å². The zero-order valence-corrected chi connectivity index (χ0v) is 13.4. The molecule has 0 amide bonds. The maximum absolute atomic E-state index is 5.17. The first-order valence-electron chi connectivity index (χ1n) is 6.83. The van der Waals surface area contributed by atoms with Crippen molar-refractivity contribution in [3.05, 3.63) is 0 Å². The van der Waals surface area contributed by atoms with Gasteiger partial charge in [-0.1, -0.05) is 10.3 Å². The molecule has 0 bridgehead atoms. The van der Waals surface area contributed by atoms with E-state index < -0.39 is 0 Å². The average molecular weight is 294 g/mol. The van der Waals surface area contributed by atoms with Crippen LogP contribution in [-0.2, 0) is 0 Å². The quantitative estimate of drug-likeness (QED) is 0.566. The summed E-state index contributed by atoms with van der Waals surface area (Å²) in [6.45, 7) is 12.8. The summed E-state index contributed by atoms with van der Waals surface area (Å²) in [5.74, 6) is 0.466. The first-order chi connectivity index (χ1) is 9.96. The van der Waals surface area contributed by atoms with Crippen molar-refractivity contribution in [1.82, 2.24) is 15.0 Å². The molecule has 1 rings (SSSR count). The van der Waals surface area contributed by atoms with E-state index in [1.807, 2.05) is 46.4 Å². The van der Waals surface area contributed by atoms with Gasteiger partial charge in [-0.2, -0.15) is 9.97 Å². The highest BCUT2D eigenvalue weighted by Gasteiger charge is 2.13. The van der Waals surface area contributed by atoms with Gasteiger partial charge in [-0.3, -0.25) is 0 Å². The molecule has 0 fully saturated rings. The fourth-order valence-electron chi connectivity index (χ4n) is 1.32. The molecule has 0 saturated heterocycles. The molecular weight excluding hydrogens is 272 g/mol. The third-order valence-electron chi connectivity index (χ3n) is 2.25. The van der Waals surface area contributed by atoms with Crippen LogP contribution in [0.5, 0.6) is 12.0 Å². The van der Waals surface area contributed by atoms with Gasteiger partial charge in [0.15, 0.2) is 0 Å². The number of rotatable bonds is 7. The largest absolute Gasteiger partial charge is 0.353 e. The Balaban J connectivity index is 3.12. The predicted molar refractivity (Wildman–Crippen MR) is 82.2 cm³/mol. The van der Waals surface area contributed by atoms with E-state index >= 15 is 0 Å². The highest BCUT2D eigenvalue weighted by Crippen LogP contribution is 2.16. The minimum absolute atomic E-state index is 0.0760. The lowest BCUT2D eigenvalue weighted by molar-refractivity contribution is 0.278. The molecule has 8 heteroatoms. The van der Waals surface area contributed by atoms with E-state index in [0.717, 1.165) is 24.5 Å². The van der Waals surface area contributed by atoms with Gasteiger partial charge in [0, 0.05) is 13.1 Å². The number of aromatic nitrogens is 3. The van der Waals surface area contributed by atoms with Crippen molar-refractivity contribution < 1.29 is 9.68 Å². The molecule has 1 aromatic rings. The standard InChI is InChI=1S/C13H22N6O2/c1-7-19(8-2)11-14-12(20-17-9(3)4)16-13(15-11)21-18-10(5)6/h7-8H2,1-6H3. The van der Waals surface area contributed by atoms with Crippen LogP contribution in [0.4, 0.5) is 5.95 Å². The molecule has 0 N–H and O–H groups in total. The van der Waals surface area contributed by atoms with E-state index in [9.17, 15) is 0 Å². The number of hydrogen-bond donors (Lipinski definition) is 0. The van der Waals surface area contributed by atoms with Crippen LogP contribution in [0.3, 0.4) is 0 Å². The second kappa shape index (κ2) is 8.13. The Kier molecular flexibility index (Phi) is 6.51. The third kappa shape index (κ3) is 5.72. The third-order valence-corrected chi connectivity index (χ3v) is 2.25. The smallest absolute Gasteiger partial charge is 0.341 e. The van der Waals surface area contributed by atoms with Crippen LogP contribution in [-0.4, -0.2) is 39.5 Å². The highest BCUT2D eigenvalue weighted by molar-refractivity contribution is 5.78. The Morgan fingerprint density at radius 3 is 1.62 bits per heavy atom. The Morgan fingerprint density at radius 2 is 1.29 bits per heavy atom. The number of anilines is 1. The van der Waals surface area contributed by atoms with Gasteiger partial charge in [0.05, 0.1) is 11.4 Å². The molecule has 0 aliphatic heterocycles. The highest BCUT2D eigenvalue weighted by atomic mass is 16.7. The summed E-state index contributed by atoms with van der Waals surface area (Å²) in [5.41, 5.74) is 1.51. The maximum Gasteiger partial charge on any atom is 0.353 e. The minimum atomic E-state index is 0.0760. The van der Waals surface area contributed by atoms with Crippen molar-refractivity contribution >= 4 is 17.4 Å². The Labute approximate surface area is 124 Å². The van der Waals surface area contributed by atoms with Gasteiger partial charge in [0.2, 0.25) is 5.95 Å². The van der Waals surface area contributed by atoms with E-state index in [4.69, 9.17) is 9.68 Å².